The molecule has 1 aliphatic heterocycles. The molecular weight excluding hydrogens is 634 g/mol. The maximum absolute atomic E-state index is 14.4. The van der Waals surface area contributed by atoms with Gasteiger partial charge in [-0.2, -0.15) is 0 Å². The van der Waals surface area contributed by atoms with Gasteiger partial charge in [-0.15, -0.1) is 0 Å². The second-order valence-corrected chi connectivity index (χ2v) is 12.2. The first kappa shape index (κ1) is 37.2. The van der Waals surface area contributed by atoms with Crippen molar-refractivity contribution in [1.82, 2.24) is 0 Å². The Labute approximate surface area is 287 Å². The van der Waals surface area contributed by atoms with Crippen molar-refractivity contribution < 1.29 is 46.8 Å². The Hall–Kier alpha value is -4.60. The molecule has 8 nitrogen and oxygen atoms in total. The van der Waals surface area contributed by atoms with E-state index in [1.165, 1.54) is 45.4 Å². The fourth-order valence-electron chi connectivity index (χ4n) is 5.15. The molecule has 0 radical (unpaired) electrons. The minimum absolute atomic E-state index is 0.0341. The molecule has 1 saturated heterocycles. The van der Waals surface area contributed by atoms with Gasteiger partial charge in [0.25, 0.3) is 0 Å². The lowest BCUT2D eigenvalue weighted by molar-refractivity contribution is -0.130. The van der Waals surface area contributed by atoms with Crippen molar-refractivity contribution in [3.05, 3.63) is 84.5 Å². The van der Waals surface area contributed by atoms with Crippen LogP contribution in [0, 0.1) is 17.6 Å². The van der Waals surface area contributed by atoms with Gasteiger partial charge in [0.2, 0.25) is 5.75 Å². The van der Waals surface area contributed by atoms with E-state index in [0.717, 1.165) is 49.3 Å². The molecule has 1 fully saturated rings. The zero-order valence-electron chi connectivity index (χ0n) is 28.2. The zero-order chi connectivity index (χ0) is 34.8. The fourth-order valence-corrected chi connectivity index (χ4v) is 5.15. The Bertz CT molecular complexity index is 1460. The van der Waals surface area contributed by atoms with Crippen molar-refractivity contribution in [3.63, 3.8) is 0 Å². The van der Waals surface area contributed by atoms with E-state index in [1.54, 1.807) is 24.3 Å². The van der Waals surface area contributed by atoms with Crippen molar-refractivity contribution >= 4 is 12.1 Å². The summed E-state index contributed by atoms with van der Waals surface area (Å²) in [7, 11) is 0. The summed E-state index contributed by atoms with van der Waals surface area (Å²) in [5.41, 5.74) is 0.994. The van der Waals surface area contributed by atoms with Gasteiger partial charge in [0, 0.05) is 5.57 Å². The van der Waals surface area contributed by atoms with Gasteiger partial charge < -0.3 is 28.4 Å². The third kappa shape index (κ3) is 13.1. The van der Waals surface area contributed by atoms with Gasteiger partial charge in [0.05, 0.1) is 25.7 Å². The summed E-state index contributed by atoms with van der Waals surface area (Å²) in [6.07, 6.45) is 11.0. The summed E-state index contributed by atoms with van der Waals surface area (Å²) in [6.45, 7) is 7.18. The quantitative estimate of drug-likeness (QED) is 0.0476. The van der Waals surface area contributed by atoms with Crippen LogP contribution in [0.5, 0.6) is 23.0 Å². The molecule has 3 aromatic rings. The Morgan fingerprint density at radius 3 is 1.59 bits per heavy atom. The number of hydrogen-bond acceptors (Lipinski definition) is 8. The van der Waals surface area contributed by atoms with Crippen molar-refractivity contribution in [2.75, 3.05) is 33.0 Å². The largest absolute Gasteiger partial charge is 0.508 e. The van der Waals surface area contributed by atoms with Gasteiger partial charge in [-0.3, -0.25) is 0 Å². The first-order chi connectivity index (χ1) is 23.8. The molecule has 0 amide bonds. The van der Waals surface area contributed by atoms with Gasteiger partial charge in [-0.1, -0.05) is 70.1 Å². The third-order valence-electron chi connectivity index (χ3n) is 7.99. The highest BCUT2D eigenvalue weighted by Crippen LogP contribution is 2.30. The van der Waals surface area contributed by atoms with E-state index >= 15 is 0 Å². The normalized spacial score (nSPS) is 12.9. The highest BCUT2D eigenvalue weighted by molar-refractivity contribution is 5.89. The molecule has 0 aromatic heterocycles. The van der Waals surface area contributed by atoms with E-state index in [1.807, 2.05) is 24.3 Å². The highest BCUT2D eigenvalue weighted by atomic mass is 19.1. The Morgan fingerprint density at radius 2 is 1.12 bits per heavy atom. The van der Waals surface area contributed by atoms with E-state index in [0.29, 0.717) is 49.9 Å². The second kappa shape index (κ2) is 20.0. The van der Waals surface area contributed by atoms with Crippen molar-refractivity contribution in [1.29, 1.82) is 0 Å². The van der Waals surface area contributed by atoms with Crippen LogP contribution in [0.4, 0.5) is 13.6 Å². The predicted molar refractivity (Wildman–Crippen MR) is 182 cm³/mol. The third-order valence-corrected chi connectivity index (χ3v) is 7.99. The molecule has 264 valence electrons. The molecule has 4 rings (SSSR count). The molecule has 1 heterocycles. The first-order valence-corrected chi connectivity index (χ1v) is 17.0. The highest BCUT2D eigenvalue weighted by Gasteiger charge is 2.21. The minimum atomic E-state index is -0.960. The molecule has 0 saturated carbocycles. The Balaban J connectivity index is 0.966. The number of cyclic esters (lactones) is 2. The van der Waals surface area contributed by atoms with Crippen LogP contribution in [-0.2, 0) is 14.3 Å². The van der Waals surface area contributed by atoms with Crippen LogP contribution < -0.4 is 18.9 Å². The first-order valence-electron chi connectivity index (χ1n) is 17.0. The molecule has 49 heavy (non-hydrogen) atoms. The number of unbranched alkanes of at least 4 members (excludes halogenated alkanes) is 9. The molecular formula is C39H46F2O8. The van der Waals surface area contributed by atoms with E-state index in [4.69, 9.17) is 28.4 Å². The number of halogens is 2. The minimum Gasteiger partial charge on any atom is -0.494 e. The van der Waals surface area contributed by atoms with Crippen LogP contribution in [0.15, 0.2) is 72.8 Å². The number of esters is 1. The van der Waals surface area contributed by atoms with Crippen LogP contribution in [0.2, 0.25) is 0 Å². The molecule has 0 atom stereocenters. The lowest BCUT2D eigenvalue weighted by atomic mass is 10.0. The molecule has 10 heteroatoms. The smallest absolute Gasteiger partial charge is 0.494 e. The summed E-state index contributed by atoms with van der Waals surface area (Å²) < 4.78 is 60.8. The molecule has 0 N–H and O–H groups in total. The zero-order valence-corrected chi connectivity index (χ0v) is 28.2. The monoisotopic (exact) mass is 680 g/mol. The summed E-state index contributed by atoms with van der Waals surface area (Å²) in [4.78, 5) is 22.6. The van der Waals surface area contributed by atoms with Gasteiger partial charge in [-0.05, 0) is 79.4 Å². The summed E-state index contributed by atoms with van der Waals surface area (Å²) in [5.74, 6) is -1.24. The molecule has 0 bridgehead atoms. The number of carbonyl (C=O) groups is 2. The van der Waals surface area contributed by atoms with Crippen LogP contribution in [0.25, 0.3) is 11.1 Å². The lowest BCUT2D eigenvalue weighted by Crippen LogP contribution is -2.31. The standard InChI is InChI=1S/C39H46F2O8/c1-28(2)38(42)49-37-35(40)23-31(24-36(37)41)30-13-15-32(16-14-30)44-21-11-9-7-5-3-4-6-8-10-12-22-45-33-17-19-34(20-18-33)46-25-29-26-47-39(43)48-27-29/h13-20,23-24,29H,1,3-12,21-22,25-27H2,2H3. The number of ether oxygens (including phenoxy) is 6. The number of benzene rings is 3. The molecule has 0 unspecified atom stereocenters. The molecule has 0 aliphatic carbocycles. The summed E-state index contributed by atoms with van der Waals surface area (Å²) >= 11 is 0. The number of hydrogen-bond donors (Lipinski definition) is 0. The average molecular weight is 681 g/mol. The van der Waals surface area contributed by atoms with Gasteiger partial charge in [-0.25, -0.2) is 18.4 Å². The molecule has 3 aromatic carbocycles. The van der Waals surface area contributed by atoms with Crippen LogP contribution >= 0.6 is 0 Å². The van der Waals surface area contributed by atoms with E-state index in [2.05, 4.69) is 6.58 Å². The van der Waals surface area contributed by atoms with E-state index in [9.17, 15) is 18.4 Å². The van der Waals surface area contributed by atoms with Crippen molar-refractivity contribution in [2.24, 2.45) is 5.92 Å². The van der Waals surface area contributed by atoms with Crippen LogP contribution in [0.1, 0.15) is 71.1 Å². The van der Waals surface area contributed by atoms with Crippen LogP contribution in [0.3, 0.4) is 0 Å². The fraction of sp³-hybridized carbons (Fsp3) is 0.436. The Morgan fingerprint density at radius 1 is 0.694 bits per heavy atom. The average Bonchev–Trinajstić information content (AvgIpc) is 3.10. The lowest BCUT2D eigenvalue weighted by Gasteiger charge is -2.21. The van der Waals surface area contributed by atoms with Crippen molar-refractivity contribution in [3.8, 4) is 34.1 Å². The Kier molecular flexibility index (Phi) is 15.2. The maximum Gasteiger partial charge on any atom is 0.508 e. The number of carbonyl (C=O) groups excluding carboxylic acids is 2. The second-order valence-electron chi connectivity index (χ2n) is 12.2. The van der Waals surface area contributed by atoms with E-state index < -0.39 is 29.5 Å². The molecule has 1 aliphatic rings. The maximum atomic E-state index is 14.4. The number of rotatable bonds is 21. The summed E-state index contributed by atoms with van der Waals surface area (Å²) in [6, 6.07) is 16.9. The SMILES string of the molecule is C=C(C)C(=O)Oc1c(F)cc(-c2ccc(OCCCCCCCCCCCCOc3ccc(OCC4COC(=O)OC4)cc3)cc2)cc1F. The predicted octanol–water partition coefficient (Wildman–Crippen LogP) is 9.63. The van der Waals surface area contributed by atoms with E-state index in [-0.39, 0.29) is 11.5 Å². The van der Waals surface area contributed by atoms with Gasteiger partial charge in [0.1, 0.15) is 30.5 Å². The topological polar surface area (TPSA) is 89.5 Å². The summed E-state index contributed by atoms with van der Waals surface area (Å²) in [5, 5.41) is 0. The van der Waals surface area contributed by atoms with Crippen LogP contribution in [-0.4, -0.2) is 45.2 Å². The molecule has 0 spiro atoms. The van der Waals surface area contributed by atoms with Crippen molar-refractivity contribution in [2.45, 2.75) is 71.1 Å². The van der Waals surface area contributed by atoms with Gasteiger partial charge in [0.15, 0.2) is 11.6 Å². The van der Waals surface area contributed by atoms with Gasteiger partial charge >= 0.3 is 12.1 Å².